The number of hydrogen-bond donors (Lipinski definition) is 0. The van der Waals surface area contributed by atoms with Gasteiger partial charge < -0.3 is 13.7 Å². The van der Waals surface area contributed by atoms with Crippen LogP contribution in [0.4, 0.5) is 17.1 Å². The van der Waals surface area contributed by atoms with E-state index in [1.54, 1.807) is 0 Å². The number of anilines is 3. The number of nitrogens with zero attached hydrogens (tertiary/aromatic N) is 2. The molecule has 0 bridgehead atoms. The summed E-state index contributed by atoms with van der Waals surface area (Å²) in [5.41, 5.74) is 14.3. The van der Waals surface area contributed by atoms with Crippen LogP contribution in [0.3, 0.4) is 0 Å². The Balaban J connectivity index is 1.02. The molecule has 0 saturated carbocycles. The molecule has 4 nitrogen and oxygen atoms in total. The van der Waals surface area contributed by atoms with Gasteiger partial charge in [-0.25, -0.2) is 4.98 Å². The van der Waals surface area contributed by atoms with Crippen molar-refractivity contribution < 1.29 is 8.83 Å². The lowest BCUT2D eigenvalue weighted by Gasteiger charge is -2.26. The number of hydrogen-bond acceptors (Lipinski definition) is 4. The Labute approximate surface area is 306 Å². The van der Waals surface area contributed by atoms with E-state index in [0.29, 0.717) is 5.89 Å². The Morgan fingerprint density at radius 2 is 0.830 bits per heavy atom. The smallest absolute Gasteiger partial charge is 0.227 e. The average molecular weight is 681 g/mol. The third kappa shape index (κ3) is 5.73. The van der Waals surface area contributed by atoms with Crippen molar-refractivity contribution >= 4 is 50.1 Å². The maximum atomic E-state index is 6.30. The summed E-state index contributed by atoms with van der Waals surface area (Å²) >= 11 is 0. The van der Waals surface area contributed by atoms with Gasteiger partial charge in [0, 0.05) is 39.5 Å². The van der Waals surface area contributed by atoms with E-state index < -0.39 is 0 Å². The van der Waals surface area contributed by atoms with Crippen molar-refractivity contribution in [3.8, 4) is 44.8 Å². The second kappa shape index (κ2) is 12.9. The largest absolute Gasteiger partial charge is 0.456 e. The van der Waals surface area contributed by atoms with Gasteiger partial charge in [-0.15, -0.1) is 0 Å². The summed E-state index contributed by atoms with van der Waals surface area (Å²) in [5, 5.41) is 2.05. The van der Waals surface area contributed by atoms with E-state index in [1.165, 1.54) is 22.3 Å². The molecule has 0 amide bonds. The van der Waals surface area contributed by atoms with Gasteiger partial charge in [0.05, 0.1) is 0 Å². The van der Waals surface area contributed by atoms with Crippen LogP contribution in [0.25, 0.3) is 77.9 Å². The molecule has 8 aromatic carbocycles. The van der Waals surface area contributed by atoms with Crippen molar-refractivity contribution in [3.05, 3.63) is 194 Å². The van der Waals surface area contributed by atoms with Crippen LogP contribution in [0.5, 0.6) is 0 Å². The third-order valence-corrected chi connectivity index (χ3v) is 9.90. The Morgan fingerprint density at radius 1 is 0.321 bits per heavy atom. The molecule has 0 atom stereocenters. The van der Waals surface area contributed by atoms with Crippen LogP contribution in [0.15, 0.2) is 203 Å². The monoisotopic (exact) mass is 680 g/mol. The fraction of sp³-hybridized carbons (Fsp3) is 0. The van der Waals surface area contributed by atoms with Crippen LogP contribution in [-0.2, 0) is 0 Å². The highest BCUT2D eigenvalue weighted by molar-refractivity contribution is 6.10. The minimum absolute atomic E-state index is 0.603. The van der Waals surface area contributed by atoms with Crippen molar-refractivity contribution in [3.63, 3.8) is 0 Å². The highest BCUT2D eigenvalue weighted by atomic mass is 16.4. The minimum Gasteiger partial charge on any atom is -0.456 e. The first-order valence-electron chi connectivity index (χ1n) is 17.8. The topological polar surface area (TPSA) is 42.4 Å². The van der Waals surface area contributed by atoms with Gasteiger partial charge in [0.2, 0.25) is 5.89 Å². The fourth-order valence-corrected chi connectivity index (χ4v) is 7.22. The number of rotatable bonds is 7. The van der Waals surface area contributed by atoms with E-state index in [-0.39, 0.29) is 0 Å². The van der Waals surface area contributed by atoms with E-state index in [2.05, 4.69) is 157 Å². The van der Waals surface area contributed by atoms with Gasteiger partial charge in [-0.2, -0.15) is 0 Å². The molecule has 53 heavy (non-hydrogen) atoms. The number of oxazole rings is 1. The molecule has 2 aromatic heterocycles. The number of aromatic nitrogens is 1. The first-order valence-corrected chi connectivity index (χ1v) is 17.8. The highest BCUT2D eigenvalue weighted by Crippen LogP contribution is 2.40. The normalized spacial score (nSPS) is 11.4. The quantitative estimate of drug-likeness (QED) is 0.168. The molecule has 4 heteroatoms. The van der Waals surface area contributed by atoms with E-state index in [4.69, 9.17) is 13.8 Å². The van der Waals surface area contributed by atoms with E-state index in [0.717, 1.165) is 66.8 Å². The molecule has 0 aliphatic rings. The van der Waals surface area contributed by atoms with Crippen molar-refractivity contribution in [2.45, 2.75) is 0 Å². The van der Waals surface area contributed by atoms with E-state index >= 15 is 0 Å². The molecule has 0 spiro atoms. The Morgan fingerprint density at radius 3 is 1.49 bits per heavy atom. The van der Waals surface area contributed by atoms with Gasteiger partial charge in [0.1, 0.15) is 16.7 Å². The lowest BCUT2D eigenvalue weighted by Crippen LogP contribution is -2.10. The van der Waals surface area contributed by atoms with E-state index in [1.807, 2.05) is 42.5 Å². The summed E-state index contributed by atoms with van der Waals surface area (Å²) in [5.74, 6) is 0.603. The molecular formula is C49H32N2O2. The molecule has 0 aliphatic carbocycles. The van der Waals surface area contributed by atoms with Crippen molar-refractivity contribution in [1.29, 1.82) is 0 Å². The second-order valence-electron chi connectivity index (χ2n) is 13.2. The lowest BCUT2D eigenvalue weighted by atomic mass is 10.0. The lowest BCUT2D eigenvalue weighted by molar-refractivity contribution is 0.620. The minimum atomic E-state index is 0.603. The number of fused-ring (bicyclic) bond motifs is 4. The zero-order chi connectivity index (χ0) is 35.1. The summed E-state index contributed by atoms with van der Waals surface area (Å²) in [6.07, 6.45) is 0. The van der Waals surface area contributed by atoms with Crippen LogP contribution in [0.2, 0.25) is 0 Å². The Hall–Kier alpha value is -7.17. The average Bonchev–Trinajstić information content (AvgIpc) is 3.82. The first-order chi connectivity index (χ1) is 26.2. The predicted octanol–water partition coefficient (Wildman–Crippen LogP) is 13.9. The second-order valence-corrected chi connectivity index (χ2v) is 13.2. The maximum absolute atomic E-state index is 6.30. The van der Waals surface area contributed by atoms with Crippen molar-refractivity contribution in [1.82, 2.24) is 4.98 Å². The van der Waals surface area contributed by atoms with Gasteiger partial charge in [0.15, 0.2) is 5.58 Å². The zero-order valence-electron chi connectivity index (χ0n) is 28.7. The van der Waals surface area contributed by atoms with Gasteiger partial charge in [-0.1, -0.05) is 121 Å². The molecule has 0 fully saturated rings. The van der Waals surface area contributed by atoms with E-state index in [9.17, 15) is 0 Å². The van der Waals surface area contributed by atoms with Crippen LogP contribution in [-0.4, -0.2) is 4.98 Å². The summed E-state index contributed by atoms with van der Waals surface area (Å²) in [6.45, 7) is 0. The summed E-state index contributed by atoms with van der Waals surface area (Å²) in [6, 6.07) is 67.8. The molecule has 10 aromatic rings. The molecule has 0 unspecified atom stereocenters. The molecule has 0 N–H and O–H groups in total. The number of benzene rings is 8. The molecule has 0 aliphatic heterocycles. The van der Waals surface area contributed by atoms with Gasteiger partial charge >= 0.3 is 0 Å². The first kappa shape index (κ1) is 30.6. The predicted molar refractivity (Wildman–Crippen MR) is 218 cm³/mol. The molecule has 0 radical (unpaired) electrons. The Bertz CT molecular complexity index is 2860. The molecule has 250 valence electrons. The summed E-state index contributed by atoms with van der Waals surface area (Å²) in [7, 11) is 0. The molecule has 10 rings (SSSR count). The molecular weight excluding hydrogens is 649 g/mol. The van der Waals surface area contributed by atoms with Crippen LogP contribution >= 0.6 is 0 Å². The van der Waals surface area contributed by atoms with Gasteiger partial charge in [0.25, 0.3) is 0 Å². The summed E-state index contributed by atoms with van der Waals surface area (Å²) in [4.78, 5) is 7.07. The molecule has 0 saturated heterocycles. The highest BCUT2D eigenvalue weighted by Gasteiger charge is 2.17. The van der Waals surface area contributed by atoms with Crippen LogP contribution in [0.1, 0.15) is 0 Å². The molecule has 2 heterocycles. The van der Waals surface area contributed by atoms with Gasteiger partial charge in [-0.3, -0.25) is 0 Å². The van der Waals surface area contributed by atoms with Crippen LogP contribution in [0, 0.1) is 0 Å². The maximum Gasteiger partial charge on any atom is 0.227 e. The SMILES string of the molecule is c1ccc(-c2ccc(N(c3ccc(-c4ccc5oc6cc7nc(-c8ccccc8)oc7cc6c5c4)cc3)c3cccc(-c4ccccc4)c3)cc2)cc1. The number of furan rings is 1. The Kier molecular flexibility index (Phi) is 7.43. The fourth-order valence-electron chi connectivity index (χ4n) is 7.22. The standard InChI is InChI=1S/C49H32N2O2/c1-4-11-33(12-5-1)35-19-24-40(25-20-35)51(42-18-10-17-38(29-42)34-13-6-2-7-14-34)41-26-21-36(22-27-41)39-23-28-46-43(30-39)44-31-48-45(32-47(44)52-46)50-49(53-48)37-15-8-3-9-16-37/h1-32H. The van der Waals surface area contributed by atoms with Gasteiger partial charge in [-0.05, 0) is 100 Å². The summed E-state index contributed by atoms with van der Waals surface area (Å²) < 4.78 is 12.5. The third-order valence-electron chi connectivity index (χ3n) is 9.90. The van der Waals surface area contributed by atoms with Crippen LogP contribution < -0.4 is 4.90 Å². The van der Waals surface area contributed by atoms with Crippen molar-refractivity contribution in [2.24, 2.45) is 0 Å². The van der Waals surface area contributed by atoms with Crippen molar-refractivity contribution in [2.75, 3.05) is 4.90 Å². The zero-order valence-corrected chi connectivity index (χ0v) is 28.7.